The number of carbonyl (C=O) groups excluding carboxylic acids is 3. The highest BCUT2D eigenvalue weighted by Gasteiger charge is 2.61. The number of carbonyl (C=O) groups is 3. The van der Waals surface area contributed by atoms with E-state index >= 15 is 4.39 Å². The highest BCUT2D eigenvalue weighted by Crippen LogP contribution is 2.35. The molecule has 4 atom stereocenters. The third-order valence-corrected chi connectivity index (χ3v) is 4.51. The van der Waals surface area contributed by atoms with Gasteiger partial charge in [0.15, 0.2) is 17.5 Å². The Morgan fingerprint density at radius 3 is 2.38 bits per heavy atom. The van der Waals surface area contributed by atoms with Crippen LogP contribution in [0.4, 0.5) is 9.18 Å². The Morgan fingerprint density at radius 1 is 1.31 bits per heavy atom. The van der Waals surface area contributed by atoms with Gasteiger partial charge in [-0.05, 0) is 0 Å². The second-order valence-electron chi connectivity index (χ2n) is 7.19. The summed E-state index contributed by atoms with van der Waals surface area (Å²) in [7, 11) is 0. The first kappa shape index (κ1) is 24.9. The molecule has 29 heavy (non-hydrogen) atoms. The number of hydrogen-bond acceptors (Lipinski definition) is 7. The smallest absolute Gasteiger partial charge is 0.443 e. The molecule has 1 aliphatic rings. The molecule has 0 bridgehead atoms. The first-order valence-electron chi connectivity index (χ1n) is 8.95. The molecule has 0 aromatic rings. The van der Waals surface area contributed by atoms with Crippen molar-refractivity contribution in [3.8, 4) is 0 Å². The first-order chi connectivity index (χ1) is 13.5. The Hall–Kier alpha value is -2.11. The lowest BCUT2D eigenvalue weighted by atomic mass is 9.98. The minimum atomic E-state index is -1.98. The second kappa shape index (κ2) is 10.6. The first-order valence-corrected chi connectivity index (χ1v) is 9.49. The average molecular weight is 438 g/mol. The van der Waals surface area contributed by atoms with Crippen molar-refractivity contribution >= 4 is 41.6 Å². The SMILES string of the molecule is CC(C)C(=O)OC[C@@]1(CCl)O[C@@H]([NH2+]C(=O)/N=C(/N)C=N)[C@H](F)[C@@H]1OC(=O)C(C)C. The van der Waals surface area contributed by atoms with Crippen LogP contribution in [0.5, 0.6) is 0 Å². The van der Waals surface area contributed by atoms with Crippen LogP contribution in [-0.4, -0.2) is 66.6 Å². The third-order valence-electron chi connectivity index (χ3n) is 4.06. The minimum Gasteiger partial charge on any atom is -0.462 e. The lowest BCUT2D eigenvalue weighted by Gasteiger charge is -2.31. The Bertz CT molecular complexity index is 674. The number of esters is 2. The van der Waals surface area contributed by atoms with Crippen molar-refractivity contribution in [3.63, 3.8) is 0 Å². The van der Waals surface area contributed by atoms with Crippen LogP contribution in [0.25, 0.3) is 0 Å². The number of nitrogens with one attached hydrogen (secondary N) is 1. The molecule has 0 saturated carbocycles. The predicted octanol–water partition coefficient (Wildman–Crippen LogP) is 0.116. The summed E-state index contributed by atoms with van der Waals surface area (Å²) in [6, 6.07) is -0.947. The molecule has 1 aliphatic heterocycles. The summed E-state index contributed by atoms with van der Waals surface area (Å²) in [4.78, 5) is 39.2. The van der Waals surface area contributed by atoms with Crippen molar-refractivity contribution in [2.45, 2.75) is 51.8 Å². The molecular weight excluding hydrogens is 411 g/mol. The van der Waals surface area contributed by atoms with Crippen LogP contribution in [0.2, 0.25) is 0 Å². The zero-order valence-corrected chi connectivity index (χ0v) is 17.4. The largest absolute Gasteiger partial charge is 0.462 e. The van der Waals surface area contributed by atoms with Crippen LogP contribution in [0.1, 0.15) is 27.7 Å². The van der Waals surface area contributed by atoms with E-state index in [1.165, 1.54) is 0 Å². The number of aliphatic imine (C=N–C) groups is 1. The fourth-order valence-corrected chi connectivity index (χ4v) is 2.68. The number of primary amides is 1. The molecule has 164 valence electrons. The number of quaternary nitrogens is 1. The van der Waals surface area contributed by atoms with E-state index in [1.807, 2.05) is 0 Å². The van der Waals surface area contributed by atoms with Gasteiger partial charge in [-0.15, -0.1) is 16.6 Å². The molecule has 1 saturated heterocycles. The van der Waals surface area contributed by atoms with Gasteiger partial charge in [0.25, 0.3) is 0 Å². The Labute approximate surface area is 172 Å². The number of halogens is 2. The van der Waals surface area contributed by atoms with Crippen LogP contribution < -0.4 is 11.1 Å². The lowest BCUT2D eigenvalue weighted by Crippen LogP contribution is -2.94. The van der Waals surface area contributed by atoms with Gasteiger partial charge in [0.05, 0.1) is 23.9 Å². The highest BCUT2D eigenvalue weighted by atomic mass is 35.5. The van der Waals surface area contributed by atoms with Crippen molar-refractivity contribution in [3.05, 3.63) is 0 Å². The zero-order chi connectivity index (χ0) is 22.4. The molecular formula is C17H27ClFN4O6+. The minimum absolute atomic E-state index is 0.376. The topological polar surface area (TPSA) is 158 Å². The third kappa shape index (κ3) is 6.44. The van der Waals surface area contributed by atoms with Gasteiger partial charge in [-0.25, -0.2) is 14.5 Å². The summed E-state index contributed by atoms with van der Waals surface area (Å²) in [5.74, 6) is -3.05. The summed E-state index contributed by atoms with van der Waals surface area (Å²) in [5.41, 5.74) is 3.58. The highest BCUT2D eigenvalue weighted by molar-refractivity contribution is 6.29. The van der Waals surface area contributed by atoms with Gasteiger partial charge in [-0.2, -0.15) is 0 Å². The van der Waals surface area contributed by atoms with E-state index in [1.54, 1.807) is 27.7 Å². The van der Waals surface area contributed by atoms with Gasteiger partial charge in [0.2, 0.25) is 12.4 Å². The summed E-state index contributed by atoms with van der Waals surface area (Å²) in [6.45, 7) is 5.87. The van der Waals surface area contributed by atoms with Crippen LogP contribution in [0, 0.1) is 17.2 Å². The molecule has 1 rings (SSSR count). The molecule has 12 heteroatoms. The standard InChI is InChI=1S/C17H26ClFN4O6/c1-8(2)14(24)27-7-17(6-18)12(28-15(25)9(3)4)11(19)13(29-17)23-16(26)22-10(21)5-20/h5,8-9,11-13,20H,6-7H2,1-4H3,(H3,21,22,23,26)/p+1/t11-,12+,13-,17-/m1/s1. The molecule has 1 heterocycles. The maximum atomic E-state index is 15.1. The maximum absolute atomic E-state index is 15.1. The van der Waals surface area contributed by atoms with E-state index in [4.69, 9.17) is 37.0 Å². The van der Waals surface area contributed by atoms with E-state index in [9.17, 15) is 14.4 Å². The predicted molar refractivity (Wildman–Crippen MR) is 101 cm³/mol. The molecule has 0 spiro atoms. The summed E-state index contributed by atoms with van der Waals surface area (Å²) in [6.07, 6.45) is -4.33. The Balaban J connectivity index is 3.12. The quantitative estimate of drug-likeness (QED) is 0.210. The summed E-state index contributed by atoms with van der Waals surface area (Å²) < 4.78 is 31.1. The van der Waals surface area contributed by atoms with Gasteiger partial charge in [-0.1, -0.05) is 27.7 Å². The van der Waals surface area contributed by atoms with Gasteiger partial charge < -0.3 is 25.4 Å². The number of alkyl halides is 2. The lowest BCUT2D eigenvalue weighted by molar-refractivity contribution is -0.644. The van der Waals surface area contributed by atoms with Gasteiger partial charge >= 0.3 is 18.0 Å². The van der Waals surface area contributed by atoms with E-state index in [0.29, 0.717) is 6.21 Å². The molecule has 0 aromatic carbocycles. The molecule has 0 radical (unpaired) electrons. The number of ether oxygens (including phenoxy) is 3. The number of amides is 2. The molecule has 5 N–H and O–H groups in total. The van der Waals surface area contributed by atoms with Crippen molar-refractivity contribution in [2.75, 3.05) is 12.5 Å². The molecule has 1 fully saturated rings. The van der Waals surface area contributed by atoms with Crippen molar-refractivity contribution in [2.24, 2.45) is 22.6 Å². The summed E-state index contributed by atoms with van der Waals surface area (Å²) >= 11 is 6.01. The Kier molecular flexibility index (Phi) is 9.12. The molecule has 0 aliphatic carbocycles. The summed E-state index contributed by atoms with van der Waals surface area (Å²) in [5, 5.41) is 7.72. The van der Waals surface area contributed by atoms with Crippen molar-refractivity contribution < 1.29 is 38.3 Å². The zero-order valence-electron chi connectivity index (χ0n) is 16.7. The van der Waals surface area contributed by atoms with E-state index < -0.39 is 60.5 Å². The number of amidine groups is 1. The normalized spacial score (nSPS) is 27.2. The Morgan fingerprint density at radius 2 is 1.90 bits per heavy atom. The van der Waals surface area contributed by atoms with E-state index in [0.717, 1.165) is 5.32 Å². The monoisotopic (exact) mass is 437 g/mol. The van der Waals surface area contributed by atoms with Gasteiger partial charge in [-0.3, -0.25) is 9.59 Å². The second-order valence-corrected chi connectivity index (χ2v) is 7.45. The molecule has 10 nitrogen and oxygen atoms in total. The maximum Gasteiger partial charge on any atom is 0.443 e. The number of urea groups is 1. The fourth-order valence-electron chi connectivity index (χ4n) is 2.38. The van der Waals surface area contributed by atoms with Gasteiger partial charge in [0.1, 0.15) is 6.61 Å². The number of nitrogens with zero attached hydrogens (tertiary/aromatic N) is 1. The van der Waals surface area contributed by atoms with Crippen molar-refractivity contribution in [1.29, 1.82) is 5.41 Å². The number of nitrogens with two attached hydrogens (primary N) is 2. The van der Waals surface area contributed by atoms with Crippen molar-refractivity contribution in [1.82, 2.24) is 0 Å². The van der Waals surface area contributed by atoms with Gasteiger partial charge in [0, 0.05) is 0 Å². The van der Waals surface area contributed by atoms with E-state index in [2.05, 4.69) is 4.99 Å². The van der Waals surface area contributed by atoms with Crippen LogP contribution in [0.15, 0.2) is 4.99 Å². The van der Waals surface area contributed by atoms with Crippen LogP contribution in [0.3, 0.4) is 0 Å². The average Bonchev–Trinajstić information content (AvgIpc) is 2.91. The van der Waals surface area contributed by atoms with Crippen LogP contribution >= 0.6 is 11.6 Å². The molecule has 2 amide bonds. The molecule has 0 unspecified atom stereocenters. The molecule has 0 aromatic heterocycles. The van der Waals surface area contributed by atoms with Crippen LogP contribution in [-0.2, 0) is 23.8 Å². The number of rotatable bonds is 8. The van der Waals surface area contributed by atoms with E-state index in [-0.39, 0.29) is 11.7 Å². The fraction of sp³-hybridized carbons (Fsp3) is 0.706. The number of hydrogen-bond donors (Lipinski definition) is 3.